The number of hydrogen-bond donors (Lipinski definition) is 2. The van der Waals surface area contributed by atoms with Crippen LogP contribution in [0.4, 0.5) is 0 Å². The zero-order chi connectivity index (χ0) is 12.3. The molecule has 0 aromatic carbocycles. The van der Waals surface area contributed by atoms with E-state index in [2.05, 4.69) is 23.6 Å². The molecule has 2 rings (SSSR count). The molecule has 0 aromatic heterocycles. The quantitative estimate of drug-likeness (QED) is 0.755. The van der Waals surface area contributed by atoms with Gasteiger partial charge in [0.15, 0.2) is 0 Å². The molecule has 1 aliphatic carbocycles. The van der Waals surface area contributed by atoms with Crippen LogP contribution in [-0.2, 0) is 4.79 Å². The van der Waals surface area contributed by atoms with Crippen LogP contribution < -0.4 is 10.6 Å². The molecule has 1 heterocycles. The molecule has 94 valence electrons. The third-order valence-electron chi connectivity index (χ3n) is 3.99. The van der Waals surface area contributed by atoms with Crippen LogP contribution in [0.3, 0.4) is 0 Å². The summed E-state index contributed by atoms with van der Waals surface area (Å²) < 4.78 is 0. The van der Waals surface area contributed by atoms with E-state index in [0.717, 1.165) is 38.6 Å². The number of hydrogen-bond acceptors (Lipinski definition) is 3. The summed E-state index contributed by atoms with van der Waals surface area (Å²) in [6.07, 6.45) is 4.99. The Morgan fingerprint density at radius 1 is 1.41 bits per heavy atom. The lowest BCUT2D eigenvalue weighted by Crippen LogP contribution is -2.51. The largest absolute Gasteiger partial charge is 0.351 e. The Balaban J connectivity index is 1.86. The van der Waals surface area contributed by atoms with E-state index in [0.29, 0.717) is 5.92 Å². The van der Waals surface area contributed by atoms with Gasteiger partial charge in [-0.1, -0.05) is 6.92 Å². The summed E-state index contributed by atoms with van der Waals surface area (Å²) in [6, 6.07) is 2.31. The first-order valence-corrected chi connectivity index (χ1v) is 6.64. The number of carbonyl (C=O) groups excluding carboxylic acids is 1. The Morgan fingerprint density at radius 3 is 2.94 bits per heavy atom. The number of nitrogens with zero attached hydrogens (tertiary/aromatic N) is 1. The monoisotopic (exact) mass is 235 g/mol. The van der Waals surface area contributed by atoms with Gasteiger partial charge in [0.1, 0.15) is 0 Å². The number of carbonyl (C=O) groups is 1. The first-order valence-electron chi connectivity index (χ1n) is 6.64. The van der Waals surface area contributed by atoms with Gasteiger partial charge in [0.05, 0.1) is 18.0 Å². The van der Waals surface area contributed by atoms with Crippen molar-refractivity contribution >= 4 is 5.91 Å². The molecule has 1 saturated heterocycles. The predicted octanol–water partition coefficient (Wildman–Crippen LogP) is 1.18. The number of nitrogens with one attached hydrogen (secondary N) is 2. The molecule has 4 unspecified atom stereocenters. The minimum atomic E-state index is -0.0568. The van der Waals surface area contributed by atoms with Crippen molar-refractivity contribution in [2.45, 2.75) is 51.1 Å². The van der Waals surface area contributed by atoms with Gasteiger partial charge in [0, 0.05) is 6.04 Å². The Bertz CT molecular complexity index is 323. The van der Waals surface area contributed by atoms with Gasteiger partial charge in [-0.15, -0.1) is 0 Å². The lowest BCUT2D eigenvalue weighted by molar-refractivity contribution is -0.124. The highest BCUT2D eigenvalue weighted by molar-refractivity contribution is 5.82. The van der Waals surface area contributed by atoms with Gasteiger partial charge in [-0.25, -0.2) is 0 Å². The van der Waals surface area contributed by atoms with Crippen molar-refractivity contribution in [3.05, 3.63) is 0 Å². The number of amides is 1. The molecule has 0 spiro atoms. The van der Waals surface area contributed by atoms with E-state index >= 15 is 0 Å². The molecule has 1 saturated carbocycles. The minimum Gasteiger partial charge on any atom is -0.351 e. The fraction of sp³-hybridized carbons (Fsp3) is 0.846. The van der Waals surface area contributed by atoms with Crippen molar-refractivity contribution < 1.29 is 4.79 Å². The normalized spacial score (nSPS) is 37.4. The van der Waals surface area contributed by atoms with Crippen LogP contribution in [0.15, 0.2) is 0 Å². The fourth-order valence-corrected chi connectivity index (χ4v) is 2.88. The van der Waals surface area contributed by atoms with Gasteiger partial charge in [0.25, 0.3) is 0 Å². The number of nitriles is 1. The van der Waals surface area contributed by atoms with Crippen LogP contribution in [0.2, 0.25) is 0 Å². The van der Waals surface area contributed by atoms with Crippen molar-refractivity contribution in [2.24, 2.45) is 11.8 Å². The van der Waals surface area contributed by atoms with Gasteiger partial charge < -0.3 is 10.6 Å². The fourth-order valence-electron chi connectivity index (χ4n) is 2.88. The first-order chi connectivity index (χ1) is 8.20. The third-order valence-corrected chi connectivity index (χ3v) is 3.99. The van der Waals surface area contributed by atoms with Crippen molar-refractivity contribution in [3.63, 3.8) is 0 Å². The summed E-state index contributed by atoms with van der Waals surface area (Å²) in [6.45, 7) is 3.11. The van der Waals surface area contributed by atoms with Crippen molar-refractivity contribution in [2.75, 3.05) is 6.54 Å². The summed E-state index contributed by atoms with van der Waals surface area (Å²) in [4.78, 5) is 12.1. The maximum Gasteiger partial charge on any atom is 0.237 e. The van der Waals surface area contributed by atoms with Crippen LogP contribution in [0.1, 0.15) is 39.0 Å². The zero-order valence-corrected chi connectivity index (χ0v) is 10.4. The Kier molecular flexibility index (Phi) is 4.01. The van der Waals surface area contributed by atoms with Crippen molar-refractivity contribution in [1.29, 1.82) is 5.26 Å². The van der Waals surface area contributed by atoms with E-state index < -0.39 is 0 Å². The van der Waals surface area contributed by atoms with E-state index in [1.807, 2.05) is 0 Å². The highest BCUT2D eigenvalue weighted by atomic mass is 16.2. The molecule has 0 radical (unpaired) electrons. The molecule has 1 amide bonds. The smallest absolute Gasteiger partial charge is 0.237 e. The highest BCUT2D eigenvalue weighted by Crippen LogP contribution is 2.25. The first kappa shape index (κ1) is 12.4. The average molecular weight is 235 g/mol. The molecule has 2 fully saturated rings. The van der Waals surface area contributed by atoms with Crippen LogP contribution in [0.25, 0.3) is 0 Å². The lowest BCUT2D eigenvalue weighted by atomic mass is 9.93. The molecule has 4 heteroatoms. The Labute approximate surface area is 103 Å². The summed E-state index contributed by atoms with van der Waals surface area (Å²) in [7, 11) is 0. The molecule has 4 nitrogen and oxygen atoms in total. The summed E-state index contributed by atoms with van der Waals surface area (Å²) in [5, 5.41) is 15.3. The molecule has 2 aliphatic rings. The molecular formula is C13H21N3O. The second kappa shape index (κ2) is 5.50. The topological polar surface area (TPSA) is 64.9 Å². The third kappa shape index (κ3) is 2.98. The summed E-state index contributed by atoms with van der Waals surface area (Å²) in [5.41, 5.74) is 0. The Hall–Kier alpha value is -1.08. The van der Waals surface area contributed by atoms with Crippen LogP contribution in [0, 0.1) is 23.2 Å². The summed E-state index contributed by atoms with van der Waals surface area (Å²) in [5.74, 6) is 0.714. The number of rotatable bonds is 2. The number of piperidine rings is 1. The zero-order valence-electron chi connectivity index (χ0n) is 10.4. The van der Waals surface area contributed by atoms with E-state index in [4.69, 9.17) is 5.26 Å². The summed E-state index contributed by atoms with van der Waals surface area (Å²) >= 11 is 0. The molecule has 17 heavy (non-hydrogen) atoms. The van der Waals surface area contributed by atoms with Gasteiger partial charge in [-0.2, -0.15) is 5.26 Å². The molecule has 2 N–H and O–H groups in total. The average Bonchev–Trinajstić information content (AvgIpc) is 2.76. The van der Waals surface area contributed by atoms with E-state index in [9.17, 15) is 4.79 Å². The van der Waals surface area contributed by atoms with E-state index in [-0.39, 0.29) is 23.9 Å². The lowest BCUT2D eigenvalue weighted by Gasteiger charge is -2.28. The maximum absolute atomic E-state index is 12.1. The Morgan fingerprint density at radius 2 is 2.24 bits per heavy atom. The van der Waals surface area contributed by atoms with Crippen LogP contribution >= 0.6 is 0 Å². The van der Waals surface area contributed by atoms with E-state index in [1.165, 1.54) is 0 Å². The second-order valence-electron chi connectivity index (χ2n) is 5.42. The van der Waals surface area contributed by atoms with Crippen molar-refractivity contribution in [3.8, 4) is 6.07 Å². The molecule has 0 aromatic rings. The standard InChI is InChI=1S/C13H21N3O/c1-9-5-6-15-12(7-9)13(17)16-11-4-2-3-10(11)8-14/h9-12,15H,2-7H2,1H3,(H,16,17). The van der Waals surface area contributed by atoms with Crippen LogP contribution in [0.5, 0.6) is 0 Å². The van der Waals surface area contributed by atoms with Crippen molar-refractivity contribution in [1.82, 2.24) is 10.6 Å². The van der Waals surface area contributed by atoms with Gasteiger partial charge >= 0.3 is 0 Å². The maximum atomic E-state index is 12.1. The SMILES string of the molecule is CC1CCNC(C(=O)NC2CCCC2C#N)C1. The highest BCUT2D eigenvalue weighted by Gasteiger charge is 2.31. The predicted molar refractivity (Wildman–Crippen MR) is 65.1 cm³/mol. The van der Waals surface area contributed by atoms with Gasteiger partial charge in [0.2, 0.25) is 5.91 Å². The second-order valence-corrected chi connectivity index (χ2v) is 5.42. The molecule has 0 bridgehead atoms. The molecule has 4 atom stereocenters. The van der Waals surface area contributed by atoms with Gasteiger partial charge in [-0.05, 0) is 44.6 Å². The van der Waals surface area contributed by atoms with E-state index in [1.54, 1.807) is 0 Å². The van der Waals surface area contributed by atoms with Crippen LogP contribution in [-0.4, -0.2) is 24.5 Å². The molecular weight excluding hydrogens is 214 g/mol. The molecule has 1 aliphatic heterocycles. The van der Waals surface area contributed by atoms with Gasteiger partial charge in [-0.3, -0.25) is 4.79 Å². The minimum absolute atomic E-state index is 0.0139.